The molecule has 2 N–H and O–H groups in total. The number of rotatable bonds is 8. The van der Waals surface area contributed by atoms with Crippen molar-refractivity contribution in [1.82, 2.24) is 20.1 Å². The molecule has 4 aromatic rings. The number of aryl methyl sites for hydroxylation is 2. The molecule has 190 valence electrons. The van der Waals surface area contributed by atoms with Crippen LogP contribution in [0.3, 0.4) is 0 Å². The van der Waals surface area contributed by atoms with Crippen LogP contribution in [0.2, 0.25) is 0 Å². The number of anilines is 1. The third-order valence-corrected chi connectivity index (χ3v) is 6.71. The molecule has 0 saturated carbocycles. The predicted molar refractivity (Wildman–Crippen MR) is 140 cm³/mol. The van der Waals surface area contributed by atoms with Crippen LogP contribution in [0.25, 0.3) is 5.69 Å². The van der Waals surface area contributed by atoms with Crippen LogP contribution >= 0.6 is 11.8 Å². The van der Waals surface area contributed by atoms with Gasteiger partial charge in [0.25, 0.3) is 5.69 Å². The molecule has 37 heavy (non-hydrogen) atoms. The molecule has 0 aliphatic heterocycles. The monoisotopic (exact) mass is 520 g/mol. The molecule has 1 atom stereocenters. The lowest BCUT2D eigenvalue weighted by atomic mass is 10.1. The molecule has 1 heterocycles. The minimum absolute atomic E-state index is 0.0435. The highest BCUT2D eigenvalue weighted by molar-refractivity contribution is 7.98. The molecule has 0 bridgehead atoms. The summed E-state index contributed by atoms with van der Waals surface area (Å²) in [5.41, 5.74) is 4.08. The zero-order valence-electron chi connectivity index (χ0n) is 20.4. The summed E-state index contributed by atoms with van der Waals surface area (Å²) in [7, 11) is 0. The van der Waals surface area contributed by atoms with Crippen molar-refractivity contribution in [2.24, 2.45) is 0 Å². The number of carbonyl (C=O) groups excluding carboxylic acids is 1. The number of nitro groups is 1. The van der Waals surface area contributed by atoms with Gasteiger partial charge in [-0.15, -0.1) is 10.2 Å². The number of thioether (sulfide) groups is 1. The molecule has 11 heteroatoms. The van der Waals surface area contributed by atoms with Crippen molar-refractivity contribution in [1.29, 1.82) is 0 Å². The molecule has 0 aliphatic rings. The van der Waals surface area contributed by atoms with Gasteiger partial charge >= 0.3 is 6.03 Å². The summed E-state index contributed by atoms with van der Waals surface area (Å²) < 4.78 is 15.0. The second kappa shape index (κ2) is 11.2. The van der Waals surface area contributed by atoms with Crippen LogP contribution in [0.15, 0.2) is 71.9 Å². The Morgan fingerprint density at radius 1 is 1.05 bits per heavy atom. The number of nitrogens with one attached hydrogen (secondary N) is 2. The van der Waals surface area contributed by atoms with Crippen molar-refractivity contribution < 1.29 is 14.1 Å². The van der Waals surface area contributed by atoms with Crippen molar-refractivity contribution >= 4 is 29.2 Å². The van der Waals surface area contributed by atoms with E-state index in [1.165, 1.54) is 36.0 Å². The normalized spacial score (nSPS) is 11.7. The average Bonchev–Trinajstić information content (AvgIpc) is 3.30. The number of para-hydroxylation sites is 1. The van der Waals surface area contributed by atoms with Gasteiger partial charge in [-0.05, 0) is 61.7 Å². The number of nitrogens with zero attached hydrogens (tertiary/aromatic N) is 4. The van der Waals surface area contributed by atoms with Crippen molar-refractivity contribution in [3.8, 4) is 5.69 Å². The van der Waals surface area contributed by atoms with E-state index in [0.29, 0.717) is 22.4 Å². The van der Waals surface area contributed by atoms with Gasteiger partial charge in [0.1, 0.15) is 5.82 Å². The molecule has 1 unspecified atom stereocenters. The second-order valence-electron chi connectivity index (χ2n) is 8.45. The summed E-state index contributed by atoms with van der Waals surface area (Å²) in [6.45, 7) is 5.62. The standard InChI is InChI=1S/C26H25FN6O3S/c1-16-5-4-6-17(2)23(16)29-25(34)28-18(3)24-30-31-26(37-15-19-7-9-20(27)10-8-19)32(24)21-11-13-22(14-12-21)33(35)36/h4-14,18H,15H2,1-3H3,(H2,28,29,34). The average molecular weight is 521 g/mol. The van der Waals surface area contributed by atoms with Crippen molar-refractivity contribution in [2.45, 2.75) is 37.7 Å². The lowest BCUT2D eigenvalue weighted by Crippen LogP contribution is -2.33. The summed E-state index contributed by atoms with van der Waals surface area (Å²) in [6, 6.07) is 17.0. The minimum Gasteiger partial charge on any atom is -0.328 e. The molecule has 9 nitrogen and oxygen atoms in total. The summed E-state index contributed by atoms with van der Waals surface area (Å²) >= 11 is 1.38. The molecule has 0 fully saturated rings. The van der Waals surface area contributed by atoms with E-state index in [2.05, 4.69) is 20.8 Å². The first kappa shape index (κ1) is 25.8. The Labute approximate surface area is 217 Å². The fraction of sp³-hybridized carbons (Fsp3) is 0.192. The maximum atomic E-state index is 13.3. The van der Waals surface area contributed by atoms with E-state index in [-0.39, 0.29) is 11.5 Å². The van der Waals surface area contributed by atoms with Crippen LogP contribution in [-0.2, 0) is 5.75 Å². The van der Waals surface area contributed by atoms with Crippen LogP contribution in [0.1, 0.15) is 35.5 Å². The van der Waals surface area contributed by atoms with E-state index in [9.17, 15) is 19.3 Å². The molecule has 0 spiro atoms. The Hall–Kier alpha value is -4.25. The molecule has 0 aliphatic carbocycles. The second-order valence-corrected chi connectivity index (χ2v) is 9.39. The Kier molecular flexibility index (Phi) is 7.83. The predicted octanol–water partition coefficient (Wildman–Crippen LogP) is 6.11. The molecule has 2 amide bonds. The van der Waals surface area contributed by atoms with Gasteiger partial charge in [-0.3, -0.25) is 14.7 Å². The topological polar surface area (TPSA) is 115 Å². The number of hydrogen-bond acceptors (Lipinski definition) is 6. The van der Waals surface area contributed by atoms with Gasteiger partial charge in [0.05, 0.1) is 11.0 Å². The molecular formula is C26H25FN6O3S. The number of amides is 2. The SMILES string of the molecule is Cc1cccc(C)c1NC(=O)NC(C)c1nnc(SCc2ccc(F)cc2)n1-c1ccc([N+](=O)[O-])cc1. The van der Waals surface area contributed by atoms with Gasteiger partial charge in [0, 0.05) is 29.3 Å². The fourth-order valence-corrected chi connectivity index (χ4v) is 4.69. The molecule has 3 aromatic carbocycles. The number of aromatic nitrogens is 3. The number of nitro benzene ring substituents is 1. The van der Waals surface area contributed by atoms with E-state index >= 15 is 0 Å². The molecule has 1 aromatic heterocycles. The van der Waals surface area contributed by atoms with Gasteiger partial charge in [0.15, 0.2) is 11.0 Å². The summed E-state index contributed by atoms with van der Waals surface area (Å²) in [4.78, 5) is 23.5. The van der Waals surface area contributed by atoms with Crippen molar-refractivity contribution in [3.05, 3.63) is 105 Å². The van der Waals surface area contributed by atoms with Crippen LogP contribution in [-0.4, -0.2) is 25.7 Å². The zero-order chi connectivity index (χ0) is 26.5. The molecular weight excluding hydrogens is 495 g/mol. The first-order valence-electron chi connectivity index (χ1n) is 11.4. The zero-order valence-corrected chi connectivity index (χ0v) is 21.3. The van der Waals surface area contributed by atoms with E-state index in [4.69, 9.17) is 0 Å². The quantitative estimate of drug-likeness (QED) is 0.165. The largest absolute Gasteiger partial charge is 0.328 e. The maximum absolute atomic E-state index is 13.3. The number of hydrogen-bond donors (Lipinski definition) is 2. The van der Waals surface area contributed by atoms with Crippen LogP contribution in [0, 0.1) is 29.8 Å². The Morgan fingerprint density at radius 2 is 1.70 bits per heavy atom. The summed E-state index contributed by atoms with van der Waals surface area (Å²) in [5.74, 6) is 0.636. The first-order chi connectivity index (χ1) is 17.7. The maximum Gasteiger partial charge on any atom is 0.319 e. The van der Waals surface area contributed by atoms with Gasteiger partial charge in [0.2, 0.25) is 0 Å². The number of urea groups is 1. The van der Waals surface area contributed by atoms with E-state index < -0.39 is 17.0 Å². The lowest BCUT2D eigenvalue weighted by molar-refractivity contribution is -0.384. The van der Waals surface area contributed by atoms with Gasteiger partial charge in [-0.2, -0.15) is 0 Å². The summed E-state index contributed by atoms with van der Waals surface area (Å²) in [5, 5.41) is 26.1. The molecule has 0 saturated heterocycles. The highest BCUT2D eigenvalue weighted by Crippen LogP contribution is 2.29. The van der Waals surface area contributed by atoms with Gasteiger partial charge in [-0.1, -0.05) is 42.1 Å². The van der Waals surface area contributed by atoms with Crippen LogP contribution in [0.4, 0.5) is 20.6 Å². The van der Waals surface area contributed by atoms with Crippen molar-refractivity contribution in [3.63, 3.8) is 0 Å². The number of non-ortho nitro benzene ring substituents is 1. The lowest BCUT2D eigenvalue weighted by Gasteiger charge is -2.18. The van der Waals surface area contributed by atoms with Crippen LogP contribution in [0.5, 0.6) is 0 Å². The van der Waals surface area contributed by atoms with E-state index in [1.807, 2.05) is 32.0 Å². The molecule has 4 rings (SSSR count). The Bertz CT molecular complexity index is 1400. The number of benzene rings is 3. The van der Waals surface area contributed by atoms with E-state index in [0.717, 1.165) is 22.4 Å². The Morgan fingerprint density at radius 3 is 2.32 bits per heavy atom. The van der Waals surface area contributed by atoms with Gasteiger partial charge < -0.3 is 10.6 Å². The summed E-state index contributed by atoms with van der Waals surface area (Å²) in [6.07, 6.45) is 0. The third kappa shape index (κ3) is 6.12. The Balaban J connectivity index is 1.60. The number of halogens is 1. The molecule has 0 radical (unpaired) electrons. The van der Waals surface area contributed by atoms with Crippen molar-refractivity contribution in [2.75, 3.05) is 5.32 Å². The number of carbonyl (C=O) groups is 1. The first-order valence-corrected chi connectivity index (χ1v) is 12.4. The smallest absolute Gasteiger partial charge is 0.319 e. The fourth-order valence-electron chi connectivity index (χ4n) is 3.77. The highest BCUT2D eigenvalue weighted by atomic mass is 32.2. The van der Waals surface area contributed by atoms with Crippen LogP contribution < -0.4 is 10.6 Å². The highest BCUT2D eigenvalue weighted by Gasteiger charge is 2.22. The van der Waals surface area contributed by atoms with E-state index in [1.54, 1.807) is 35.8 Å². The van der Waals surface area contributed by atoms with Gasteiger partial charge in [-0.25, -0.2) is 9.18 Å². The third-order valence-electron chi connectivity index (χ3n) is 5.71. The minimum atomic E-state index is -0.549.